The van der Waals surface area contributed by atoms with Gasteiger partial charge in [0.25, 0.3) is 0 Å². The quantitative estimate of drug-likeness (QED) is 0.829. The molecule has 0 bridgehead atoms. The summed E-state index contributed by atoms with van der Waals surface area (Å²) >= 11 is 0. The predicted octanol–water partition coefficient (Wildman–Crippen LogP) is 2.78. The molecule has 3 nitrogen and oxygen atoms in total. The van der Waals surface area contributed by atoms with Crippen molar-refractivity contribution in [1.29, 1.82) is 5.26 Å². The van der Waals surface area contributed by atoms with E-state index in [1.807, 2.05) is 0 Å². The van der Waals surface area contributed by atoms with Crippen molar-refractivity contribution in [2.75, 3.05) is 19.6 Å². The average molecular weight is 263 g/mol. The van der Waals surface area contributed by atoms with E-state index < -0.39 is 0 Å². The van der Waals surface area contributed by atoms with E-state index in [0.717, 1.165) is 31.5 Å². The summed E-state index contributed by atoms with van der Waals surface area (Å²) in [6.07, 6.45) is 6.42. The van der Waals surface area contributed by atoms with E-state index in [9.17, 15) is 5.26 Å². The van der Waals surface area contributed by atoms with Gasteiger partial charge in [-0.05, 0) is 64.0 Å². The second-order valence-electron chi connectivity index (χ2n) is 7.07. The molecule has 2 aliphatic rings. The zero-order valence-corrected chi connectivity index (χ0v) is 12.8. The molecular formula is C16H29N3. The van der Waals surface area contributed by atoms with Crippen molar-refractivity contribution in [2.24, 2.45) is 11.8 Å². The molecule has 108 valence electrons. The lowest BCUT2D eigenvalue weighted by molar-refractivity contribution is 0.220. The van der Waals surface area contributed by atoms with Gasteiger partial charge in [-0.15, -0.1) is 0 Å². The lowest BCUT2D eigenvalue weighted by Gasteiger charge is -2.31. The summed E-state index contributed by atoms with van der Waals surface area (Å²) in [4.78, 5) is 2.50. The van der Waals surface area contributed by atoms with E-state index in [2.05, 4.69) is 37.1 Å². The van der Waals surface area contributed by atoms with E-state index in [-0.39, 0.29) is 5.54 Å². The van der Waals surface area contributed by atoms with Crippen molar-refractivity contribution < 1.29 is 0 Å². The number of nitrogens with one attached hydrogen (secondary N) is 1. The van der Waals surface area contributed by atoms with E-state index in [1.54, 1.807) is 0 Å². The molecule has 1 aliphatic carbocycles. The van der Waals surface area contributed by atoms with Crippen LogP contribution in [0, 0.1) is 23.2 Å². The third-order valence-corrected chi connectivity index (χ3v) is 4.69. The van der Waals surface area contributed by atoms with E-state index in [4.69, 9.17) is 0 Å². The van der Waals surface area contributed by atoms with Crippen LogP contribution in [0.5, 0.6) is 0 Å². The average Bonchev–Trinajstić information content (AvgIpc) is 3.16. The van der Waals surface area contributed by atoms with Crippen molar-refractivity contribution in [3.8, 4) is 6.07 Å². The highest BCUT2D eigenvalue weighted by Gasteiger charge is 2.34. The summed E-state index contributed by atoms with van der Waals surface area (Å²) in [5.41, 5.74) is -0.362. The van der Waals surface area contributed by atoms with Crippen molar-refractivity contribution in [3.63, 3.8) is 0 Å². The van der Waals surface area contributed by atoms with Crippen LogP contribution in [0.25, 0.3) is 0 Å². The molecule has 1 saturated carbocycles. The van der Waals surface area contributed by atoms with Gasteiger partial charge in [-0.25, -0.2) is 0 Å². The first-order valence-corrected chi connectivity index (χ1v) is 7.94. The Morgan fingerprint density at radius 3 is 2.58 bits per heavy atom. The summed E-state index contributed by atoms with van der Waals surface area (Å²) < 4.78 is 0. The summed E-state index contributed by atoms with van der Waals surface area (Å²) in [6.45, 7) is 9.95. The third kappa shape index (κ3) is 4.47. The fraction of sp³-hybridized carbons (Fsp3) is 0.938. The van der Waals surface area contributed by atoms with Gasteiger partial charge in [0, 0.05) is 12.6 Å². The molecule has 1 heterocycles. The zero-order valence-electron chi connectivity index (χ0n) is 12.8. The zero-order chi connectivity index (χ0) is 13.9. The fourth-order valence-electron chi connectivity index (χ4n) is 3.25. The Kier molecular flexibility index (Phi) is 4.86. The molecule has 2 unspecified atom stereocenters. The molecule has 0 aromatic rings. The molecule has 0 aromatic carbocycles. The maximum atomic E-state index is 9.46. The monoisotopic (exact) mass is 263 g/mol. The van der Waals surface area contributed by atoms with Crippen molar-refractivity contribution in [1.82, 2.24) is 10.2 Å². The van der Waals surface area contributed by atoms with E-state index >= 15 is 0 Å². The summed E-state index contributed by atoms with van der Waals surface area (Å²) in [5, 5.41) is 13.0. The highest BCUT2D eigenvalue weighted by molar-refractivity contribution is 5.09. The minimum absolute atomic E-state index is 0.362. The SMILES string of the molecule is CC(C)C1CCCN(CC(C)(C#N)NC2CC2)CC1. The number of hydrogen-bond donors (Lipinski definition) is 1. The summed E-state index contributed by atoms with van der Waals surface area (Å²) in [6, 6.07) is 3.10. The van der Waals surface area contributed by atoms with Gasteiger partial charge in [0.1, 0.15) is 5.54 Å². The van der Waals surface area contributed by atoms with Gasteiger partial charge in [-0.3, -0.25) is 5.32 Å². The third-order valence-electron chi connectivity index (χ3n) is 4.69. The largest absolute Gasteiger partial charge is 0.300 e. The highest BCUT2D eigenvalue weighted by Crippen LogP contribution is 2.26. The van der Waals surface area contributed by atoms with Crippen LogP contribution in [-0.4, -0.2) is 36.1 Å². The van der Waals surface area contributed by atoms with E-state index in [0.29, 0.717) is 6.04 Å². The number of likely N-dealkylation sites (tertiary alicyclic amines) is 1. The first-order valence-electron chi connectivity index (χ1n) is 7.94. The second kappa shape index (κ2) is 6.24. The van der Waals surface area contributed by atoms with Crippen molar-refractivity contribution in [2.45, 2.75) is 64.5 Å². The van der Waals surface area contributed by atoms with Crippen LogP contribution in [0.1, 0.15) is 52.9 Å². The lowest BCUT2D eigenvalue weighted by atomic mass is 9.89. The Bertz CT molecular complexity index is 329. The molecule has 2 fully saturated rings. The molecule has 1 N–H and O–H groups in total. The molecule has 2 rings (SSSR count). The molecule has 1 aliphatic heterocycles. The van der Waals surface area contributed by atoms with Gasteiger partial charge in [-0.2, -0.15) is 5.26 Å². The maximum absolute atomic E-state index is 9.46. The Balaban J connectivity index is 1.85. The van der Waals surface area contributed by atoms with Crippen LogP contribution < -0.4 is 5.32 Å². The maximum Gasteiger partial charge on any atom is 0.116 e. The minimum atomic E-state index is -0.362. The molecule has 1 saturated heterocycles. The summed E-state index contributed by atoms with van der Waals surface area (Å²) in [5.74, 6) is 1.67. The van der Waals surface area contributed by atoms with Gasteiger partial charge in [0.15, 0.2) is 0 Å². The Morgan fingerprint density at radius 1 is 1.26 bits per heavy atom. The second-order valence-corrected chi connectivity index (χ2v) is 7.07. The Hall–Kier alpha value is -0.590. The van der Waals surface area contributed by atoms with Gasteiger partial charge >= 0.3 is 0 Å². The van der Waals surface area contributed by atoms with Gasteiger partial charge in [0.2, 0.25) is 0 Å². The predicted molar refractivity (Wildman–Crippen MR) is 78.8 cm³/mol. The van der Waals surface area contributed by atoms with Gasteiger partial charge in [0.05, 0.1) is 6.07 Å². The fourth-order valence-corrected chi connectivity index (χ4v) is 3.25. The minimum Gasteiger partial charge on any atom is -0.300 e. The molecule has 0 radical (unpaired) electrons. The first kappa shape index (κ1) is 14.8. The smallest absolute Gasteiger partial charge is 0.116 e. The van der Waals surface area contributed by atoms with E-state index in [1.165, 1.54) is 32.1 Å². The van der Waals surface area contributed by atoms with Gasteiger partial charge < -0.3 is 4.90 Å². The van der Waals surface area contributed by atoms with Crippen LogP contribution in [0.3, 0.4) is 0 Å². The van der Waals surface area contributed by atoms with Crippen LogP contribution in [0.4, 0.5) is 0 Å². The molecule has 2 atom stereocenters. The summed E-state index contributed by atoms with van der Waals surface area (Å²) in [7, 11) is 0. The van der Waals surface area contributed by atoms with Crippen LogP contribution >= 0.6 is 0 Å². The van der Waals surface area contributed by atoms with Gasteiger partial charge in [-0.1, -0.05) is 13.8 Å². The standard InChI is InChI=1S/C16H29N3/c1-13(2)14-5-4-9-19(10-8-14)12-16(3,11-17)18-15-6-7-15/h13-15,18H,4-10,12H2,1-3H3. The van der Waals surface area contributed by atoms with Crippen LogP contribution in [-0.2, 0) is 0 Å². The van der Waals surface area contributed by atoms with Crippen molar-refractivity contribution >= 4 is 0 Å². The number of nitrogens with zero attached hydrogens (tertiary/aromatic N) is 2. The Labute approximate surface area is 118 Å². The van der Waals surface area contributed by atoms with Crippen LogP contribution in [0.15, 0.2) is 0 Å². The van der Waals surface area contributed by atoms with Crippen LogP contribution in [0.2, 0.25) is 0 Å². The molecule has 0 amide bonds. The molecule has 0 aromatic heterocycles. The number of rotatable bonds is 5. The highest BCUT2D eigenvalue weighted by atomic mass is 15.2. The molecular weight excluding hydrogens is 234 g/mol. The first-order chi connectivity index (χ1) is 9.02. The Morgan fingerprint density at radius 2 is 2.00 bits per heavy atom. The molecule has 3 heteroatoms. The normalized spacial score (nSPS) is 28.7. The van der Waals surface area contributed by atoms with Crippen molar-refractivity contribution in [3.05, 3.63) is 0 Å². The molecule has 0 spiro atoms. The lowest BCUT2D eigenvalue weighted by Crippen LogP contribution is -2.51. The number of nitriles is 1. The topological polar surface area (TPSA) is 39.1 Å². The number of hydrogen-bond acceptors (Lipinski definition) is 3. The molecule has 19 heavy (non-hydrogen) atoms.